The van der Waals surface area contributed by atoms with Gasteiger partial charge in [-0.15, -0.1) is 0 Å². The second-order valence-electron chi connectivity index (χ2n) is 5.35. The summed E-state index contributed by atoms with van der Waals surface area (Å²) in [6.07, 6.45) is 13.6. The molecule has 3 nitrogen and oxygen atoms in total. The van der Waals surface area contributed by atoms with Crippen molar-refractivity contribution in [1.29, 1.82) is 0 Å². The Morgan fingerprint density at radius 3 is 2.58 bits per heavy atom. The van der Waals surface area contributed by atoms with Gasteiger partial charge < -0.3 is 9.80 Å². The summed E-state index contributed by atoms with van der Waals surface area (Å²) in [4.78, 5) is 9.44. The normalized spacial score (nSPS) is 28.1. The molecule has 2 unspecified atom stereocenters. The predicted octanol–water partition coefficient (Wildman–Crippen LogP) is 3.40. The van der Waals surface area contributed by atoms with Crippen LogP contribution in [0.4, 0.5) is 0 Å². The highest BCUT2D eigenvalue weighted by molar-refractivity contribution is 5.78. The monoisotopic (exact) mass is 261 g/mol. The Balaban J connectivity index is 2.25. The van der Waals surface area contributed by atoms with Gasteiger partial charge in [-0.25, -0.2) is 0 Å². The van der Waals surface area contributed by atoms with Crippen LogP contribution in [0, 0.1) is 0 Å². The van der Waals surface area contributed by atoms with Crippen molar-refractivity contribution in [2.75, 3.05) is 13.1 Å². The van der Waals surface area contributed by atoms with Gasteiger partial charge in [-0.3, -0.25) is 4.99 Å². The first-order chi connectivity index (χ1) is 9.31. The van der Waals surface area contributed by atoms with E-state index < -0.39 is 0 Å². The van der Waals surface area contributed by atoms with E-state index in [1.165, 1.54) is 31.4 Å². The predicted molar refractivity (Wildman–Crippen MR) is 82.2 cm³/mol. The molecular formula is C16H27N3. The summed E-state index contributed by atoms with van der Waals surface area (Å²) < 4.78 is 0. The average Bonchev–Trinajstić information content (AvgIpc) is 2.46. The molecule has 19 heavy (non-hydrogen) atoms. The van der Waals surface area contributed by atoms with Crippen LogP contribution in [0.2, 0.25) is 0 Å². The van der Waals surface area contributed by atoms with Crippen LogP contribution in [0.15, 0.2) is 29.2 Å². The molecule has 0 saturated heterocycles. The largest absolute Gasteiger partial charge is 0.371 e. The molecule has 0 N–H and O–H groups in total. The molecule has 1 aliphatic heterocycles. The zero-order valence-corrected chi connectivity index (χ0v) is 12.5. The van der Waals surface area contributed by atoms with Crippen LogP contribution in [0.25, 0.3) is 0 Å². The van der Waals surface area contributed by atoms with Crippen LogP contribution >= 0.6 is 0 Å². The molecule has 2 rings (SSSR count). The molecule has 3 heteroatoms. The summed E-state index contributed by atoms with van der Waals surface area (Å²) in [5.74, 6) is 0. The minimum absolute atomic E-state index is 0.677. The average molecular weight is 261 g/mol. The first-order valence-electron chi connectivity index (χ1n) is 7.70. The van der Waals surface area contributed by atoms with E-state index in [-0.39, 0.29) is 0 Å². The molecule has 2 aliphatic rings. The molecule has 1 saturated carbocycles. The van der Waals surface area contributed by atoms with E-state index in [0.717, 1.165) is 13.1 Å². The SMILES string of the molecule is CC=CN=CC1=CN(CC)C2CCCCC2N1CC. The summed E-state index contributed by atoms with van der Waals surface area (Å²) in [6, 6.07) is 1.38. The summed E-state index contributed by atoms with van der Waals surface area (Å²) in [6.45, 7) is 8.68. The Hall–Kier alpha value is -1.25. The van der Waals surface area contributed by atoms with Crippen LogP contribution < -0.4 is 0 Å². The maximum atomic E-state index is 4.38. The van der Waals surface area contributed by atoms with Gasteiger partial charge >= 0.3 is 0 Å². The van der Waals surface area contributed by atoms with Crippen molar-refractivity contribution in [2.45, 2.75) is 58.5 Å². The molecule has 0 radical (unpaired) electrons. The van der Waals surface area contributed by atoms with Crippen molar-refractivity contribution in [3.8, 4) is 0 Å². The number of hydrogen-bond donors (Lipinski definition) is 0. The molecule has 0 amide bonds. The second-order valence-corrected chi connectivity index (χ2v) is 5.35. The van der Waals surface area contributed by atoms with E-state index in [1.807, 2.05) is 25.4 Å². The molecule has 0 bridgehead atoms. The Morgan fingerprint density at radius 2 is 1.95 bits per heavy atom. The fraction of sp³-hybridized carbons (Fsp3) is 0.688. The van der Waals surface area contributed by atoms with Gasteiger partial charge in [0, 0.05) is 37.6 Å². The number of allylic oxidation sites excluding steroid dienone is 2. The lowest BCUT2D eigenvalue weighted by molar-refractivity contribution is 0.0811. The Bertz CT molecular complexity index is 370. The molecule has 0 aromatic rings. The second kappa shape index (κ2) is 6.78. The maximum Gasteiger partial charge on any atom is 0.0716 e. The number of rotatable bonds is 4. The first kappa shape index (κ1) is 14.2. The van der Waals surface area contributed by atoms with Gasteiger partial charge in [-0.05, 0) is 33.6 Å². The molecule has 0 spiro atoms. The first-order valence-corrected chi connectivity index (χ1v) is 7.70. The lowest BCUT2D eigenvalue weighted by Crippen LogP contribution is -2.55. The van der Waals surface area contributed by atoms with Crippen molar-refractivity contribution < 1.29 is 0 Å². The summed E-state index contributed by atoms with van der Waals surface area (Å²) in [7, 11) is 0. The van der Waals surface area contributed by atoms with Crippen LogP contribution in [0.5, 0.6) is 0 Å². The number of aliphatic imine (C=N–C) groups is 1. The van der Waals surface area contributed by atoms with E-state index in [9.17, 15) is 0 Å². The maximum absolute atomic E-state index is 4.38. The van der Waals surface area contributed by atoms with Crippen molar-refractivity contribution >= 4 is 6.21 Å². The topological polar surface area (TPSA) is 18.8 Å². The molecule has 1 heterocycles. The van der Waals surface area contributed by atoms with Gasteiger partial charge in [0.15, 0.2) is 0 Å². The van der Waals surface area contributed by atoms with Crippen LogP contribution in [0.1, 0.15) is 46.5 Å². The minimum Gasteiger partial charge on any atom is -0.371 e. The van der Waals surface area contributed by atoms with Gasteiger partial charge in [0.05, 0.1) is 11.9 Å². The number of nitrogens with zero attached hydrogens (tertiary/aromatic N) is 3. The van der Waals surface area contributed by atoms with Crippen LogP contribution in [-0.4, -0.2) is 41.2 Å². The smallest absolute Gasteiger partial charge is 0.0716 e. The van der Waals surface area contributed by atoms with Crippen molar-refractivity contribution in [3.05, 3.63) is 24.2 Å². The fourth-order valence-corrected chi connectivity index (χ4v) is 3.43. The Kier molecular flexibility index (Phi) is 5.06. The van der Waals surface area contributed by atoms with Crippen LogP contribution in [-0.2, 0) is 0 Å². The highest BCUT2D eigenvalue weighted by Gasteiger charge is 2.36. The molecule has 1 fully saturated rings. The highest BCUT2D eigenvalue weighted by Crippen LogP contribution is 2.32. The molecule has 106 valence electrons. The van der Waals surface area contributed by atoms with Gasteiger partial charge in [0.1, 0.15) is 0 Å². The highest BCUT2D eigenvalue weighted by atomic mass is 15.3. The Labute approximate surface area is 117 Å². The zero-order valence-electron chi connectivity index (χ0n) is 12.5. The zero-order chi connectivity index (χ0) is 13.7. The molecule has 2 atom stereocenters. The Morgan fingerprint density at radius 1 is 1.21 bits per heavy atom. The van der Waals surface area contributed by atoms with E-state index in [4.69, 9.17) is 0 Å². The lowest BCUT2D eigenvalue weighted by Gasteiger charge is -2.49. The van der Waals surface area contributed by atoms with Crippen molar-refractivity contribution in [1.82, 2.24) is 9.80 Å². The number of hydrogen-bond acceptors (Lipinski definition) is 3. The summed E-state index contributed by atoms with van der Waals surface area (Å²) in [5.41, 5.74) is 1.27. The molecular weight excluding hydrogens is 234 g/mol. The molecule has 0 aromatic heterocycles. The third kappa shape index (κ3) is 3.02. The molecule has 0 aromatic carbocycles. The van der Waals surface area contributed by atoms with E-state index in [1.54, 1.807) is 0 Å². The van der Waals surface area contributed by atoms with E-state index in [2.05, 4.69) is 34.8 Å². The standard InChI is InChI=1S/C16H27N3/c1-4-11-17-12-14-13-18(5-2)15-9-7-8-10-16(15)19(14)6-3/h4,11-13,15-16H,5-10H2,1-3H3. The number of likely N-dealkylation sites (N-methyl/N-ethyl adjacent to an activating group) is 2. The molecule has 1 aliphatic carbocycles. The third-order valence-electron chi connectivity index (χ3n) is 4.30. The van der Waals surface area contributed by atoms with E-state index >= 15 is 0 Å². The van der Waals surface area contributed by atoms with Crippen molar-refractivity contribution in [3.63, 3.8) is 0 Å². The lowest BCUT2D eigenvalue weighted by atomic mass is 9.86. The summed E-state index contributed by atoms with van der Waals surface area (Å²) >= 11 is 0. The quantitative estimate of drug-likeness (QED) is 0.722. The summed E-state index contributed by atoms with van der Waals surface area (Å²) in [5, 5.41) is 0. The minimum atomic E-state index is 0.677. The fourth-order valence-electron chi connectivity index (χ4n) is 3.43. The van der Waals surface area contributed by atoms with Gasteiger partial charge in [-0.1, -0.05) is 18.9 Å². The van der Waals surface area contributed by atoms with Crippen LogP contribution in [0.3, 0.4) is 0 Å². The van der Waals surface area contributed by atoms with Gasteiger partial charge in [-0.2, -0.15) is 0 Å². The van der Waals surface area contributed by atoms with Crippen molar-refractivity contribution in [2.24, 2.45) is 4.99 Å². The number of fused-ring (bicyclic) bond motifs is 1. The van der Waals surface area contributed by atoms with Gasteiger partial charge in [0.2, 0.25) is 0 Å². The van der Waals surface area contributed by atoms with E-state index in [0.29, 0.717) is 12.1 Å². The third-order valence-corrected chi connectivity index (χ3v) is 4.30. The van der Waals surface area contributed by atoms with Gasteiger partial charge in [0.25, 0.3) is 0 Å².